The number of aromatic amines is 1. The topological polar surface area (TPSA) is 84.3 Å². The first-order chi connectivity index (χ1) is 7.70. The molecule has 6 nitrogen and oxygen atoms in total. The molecule has 0 unspecified atom stereocenters. The van der Waals surface area contributed by atoms with E-state index in [2.05, 4.69) is 4.98 Å². The Kier molecular flexibility index (Phi) is 3.21. The van der Waals surface area contributed by atoms with Gasteiger partial charge in [-0.3, -0.25) is 14.3 Å². The predicted octanol–water partition coefficient (Wildman–Crippen LogP) is -0.403. The molecule has 16 heavy (non-hydrogen) atoms. The van der Waals surface area contributed by atoms with Gasteiger partial charge in [0.2, 0.25) is 0 Å². The van der Waals surface area contributed by atoms with Gasteiger partial charge < -0.3 is 9.84 Å². The highest BCUT2D eigenvalue weighted by Gasteiger charge is 2.23. The molecule has 0 amide bonds. The van der Waals surface area contributed by atoms with Crippen molar-refractivity contribution < 1.29 is 9.84 Å². The highest BCUT2D eigenvalue weighted by Crippen LogP contribution is 2.24. The number of hydrogen-bond acceptors (Lipinski definition) is 4. The summed E-state index contributed by atoms with van der Waals surface area (Å²) in [4.78, 5) is 24.6. The van der Waals surface area contributed by atoms with E-state index in [9.17, 15) is 9.59 Å². The second-order valence-electron chi connectivity index (χ2n) is 3.84. The molecule has 0 bridgehead atoms. The third kappa shape index (κ3) is 2.23. The predicted molar refractivity (Wildman–Crippen MR) is 56.2 cm³/mol. The molecular weight excluding hydrogens is 212 g/mol. The molecule has 6 heteroatoms. The minimum atomic E-state index is -0.476. The fraction of sp³-hybridized carbons (Fsp3) is 0.600. The van der Waals surface area contributed by atoms with Crippen molar-refractivity contribution in [1.82, 2.24) is 9.55 Å². The van der Waals surface area contributed by atoms with Crippen molar-refractivity contribution in [3.63, 3.8) is 0 Å². The van der Waals surface area contributed by atoms with Crippen LogP contribution in [0.15, 0.2) is 21.9 Å². The first-order valence-corrected chi connectivity index (χ1v) is 5.28. The summed E-state index contributed by atoms with van der Waals surface area (Å²) in [5, 5.41) is 9.00. The normalized spacial score (nSPS) is 25.6. The Morgan fingerprint density at radius 1 is 1.50 bits per heavy atom. The van der Waals surface area contributed by atoms with Crippen LogP contribution in [0, 0.1) is 0 Å². The van der Waals surface area contributed by atoms with Crippen LogP contribution in [-0.2, 0) is 4.74 Å². The van der Waals surface area contributed by atoms with Gasteiger partial charge in [-0.2, -0.15) is 0 Å². The van der Waals surface area contributed by atoms with Crippen molar-refractivity contribution in [3.05, 3.63) is 33.1 Å². The number of aliphatic hydroxyl groups is 1. The number of ether oxygens (including phenoxy) is 1. The summed E-state index contributed by atoms with van der Waals surface area (Å²) in [6.07, 6.45) is 3.20. The van der Waals surface area contributed by atoms with E-state index in [1.54, 1.807) is 0 Å². The van der Waals surface area contributed by atoms with Gasteiger partial charge in [-0.15, -0.1) is 0 Å². The number of aliphatic hydroxyl groups excluding tert-OH is 1. The van der Waals surface area contributed by atoms with Gasteiger partial charge in [0.1, 0.15) is 6.23 Å². The molecule has 1 aliphatic heterocycles. The highest BCUT2D eigenvalue weighted by molar-refractivity contribution is 4.85. The van der Waals surface area contributed by atoms with Gasteiger partial charge in [0.25, 0.3) is 5.56 Å². The highest BCUT2D eigenvalue weighted by atomic mass is 16.5. The Morgan fingerprint density at radius 2 is 2.31 bits per heavy atom. The van der Waals surface area contributed by atoms with E-state index in [0.29, 0.717) is 6.42 Å². The molecule has 2 atom stereocenters. The molecule has 1 fully saturated rings. The SMILES string of the molecule is O=c1ccn([C@H]2CCC[C@@H](CO)O2)c(=O)[nH]1. The molecule has 1 aromatic heterocycles. The fourth-order valence-corrected chi connectivity index (χ4v) is 1.87. The van der Waals surface area contributed by atoms with Crippen LogP contribution in [0.25, 0.3) is 0 Å². The van der Waals surface area contributed by atoms with Crippen LogP contribution in [-0.4, -0.2) is 27.4 Å². The van der Waals surface area contributed by atoms with E-state index in [1.165, 1.54) is 16.8 Å². The number of nitrogens with zero attached hydrogens (tertiary/aromatic N) is 1. The Bertz CT molecular complexity index is 464. The fourth-order valence-electron chi connectivity index (χ4n) is 1.87. The van der Waals surface area contributed by atoms with Gasteiger partial charge in [-0.25, -0.2) is 4.79 Å². The summed E-state index contributed by atoms with van der Waals surface area (Å²) >= 11 is 0. The monoisotopic (exact) mass is 226 g/mol. The first-order valence-electron chi connectivity index (χ1n) is 5.28. The van der Waals surface area contributed by atoms with E-state index < -0.39 is 17.5 Å². The van der Waals surface area contributed by atoms with Crippen molar-refractivity contribution in [1.29, 1.82) is 0 Å². The Hall–Kier alpha value is -1.40. The lowest BCUT2D eigenvalue weighted by Gasteiger charge is -2.29. The summed E-state index contributed by atoms with van der Waals surface area (Å²) in [6, 6.07) is 1.29. The van der Waals surface area contributed by atoms with Crippen molar-refractivity contribution >= 4 is 0 Å². The molecule has 2 N–H and O–H groups in total. The van der Waals surface area contributed by atoms with Gasteiger partial charge in [-0.1, -0.05) is 0 Å². The van der Waals surface area contributed by atoms with Crippen molar-refractivity contribution in [3.8, 4) is 0 Å². The van der Waals surface area contributed by atoms with E-state index in [-0.39, 0.29) is 12.7 Å². The third-order valence-electron chi connectivity index (χ3n) is 2.69. The standard InChI is InChI=1S/C10H14N2O4/c13-6-7-2-1-3-9(16-7)12-5-4-8(14)11-10(12)15/h4-5,7,9,13H,1-3,6H2,(H,11,14,15)/t7-,9+/m0/s1. The molecule has 2 rings (SSSR count). The first kappa shape index (κ1) is 11.1. The number of H-pyrrole nitrogens is 1. The maximum absolute atomic E-state index is 11.5. The average Bonchev–Trinajstić information content (AvgIpc) is 2.29. The van der Waals surface area contributed by atoms with Crippen molar-refractivity contribution in [2.75, 3.05) is 6.61 Å². The van der Waals surface area contributed by atoms with E-state index >= 15 is 0 Å². The van der Waals surface area contributed by atoms with Gasteiger partial charge in [-0.05, 0) is 19.3 Å². The molecule has 1 saturated heterocycles. The number of aromatic nitrogens is 2. The molecule has 0 spiro atoms. The maximum atomic E-state index is 11.5. The summed E-state index contributed by atoms with van der Waals surface area (Å²) in [5.74, 6) is 0. The van der Waals surface area contributed by atoms with Gasteiger partial charge in [0, 0.05) is 12.3 Å². The maximum Gasteiger partial charge on any atom is 0.330 e. The number of nitrogens with one attached hydrogen (secondary N) is 1. The minimum absolute atomic E-state index is 0.0470. The summed E-state index contributed by atoms with van der Waals surface area (Å²) in [7, 11) is 0. The lowest BCUT2D eigenvalue weighted by molar-refractivity contribution is -0.108. The van der Waals surface area contributed by atoms with Crippen LogP contribution in [0.2, 0.25) is 0 Å². The van der Waals surface area contributed by atoms with Crippen molar-refractivity contribution in [2.45, 2.75) is 31.6 Å². The molecular formula is C10H14N2O4. The smallest absolute Gasteiger partial charge is 0.330 e. The van der Waals surface area contributed by atoms with Crippen LogP contribution >= 0.6 is 0 Å². The zero-order valence-electron chi connectivity index (χ0n) is 8.76. The zero-order valence-corrected chi connectivity index (χ0v) is 8.76. The minimum Gasteiger partial charge on any atom is -0.394 e. The molecule has 0 aromatic carbocycles. The lowest BCUT2D eigenvalue weighted by Crippen LogP contribution is -2.36. The quantitative estimate of drug-likeness (QED) is 0.718. The van der Waals surface area contributed by atoms with Crippen LogP contribution in [0.3, 0.4) is 0 Å². The molecule has 0 radical (unpaired) electrons. The third-order valence-corrected chi connectivity index (χ3v) is 2.69. The Balaban J connectivity index is 2.23. The van der Waals surface area contributed by atoms with Crippen molar-refractivity contribution in [2.24, 2.45) is 0 Å². The Labute approximate surface area is 91.5 Å². The van der Waals surface area contributed by atoms with E-state index in [4.69, 9.17) is 9.84 Å². The largest absolute Gasteiger partial charge is 0.394 e. The second-order valence-corrected chi connectivity index (χ2v) is 3.84. The molecule has 1 aromatic rings. The summed E-state index contributed by atoms with van der Waals surface area (Å²) < 4.78 is 6.88. The van der Waals surface area contributed by atoms with Crippen LogP contribution in [0.5, 0.6) is 0 Å². The number of hydrogen-bond donors (Lipinski definition) is 2. The van der Waals surface area contributed by atoms with E-state index in [0.717, 1.165) is 12.8 Å². The van der Waals surface area contributed by atoms with Crippen LogP contribution in [0.4, 0.5) is 0 Å². The van der Waals surface area contributed by atoms with Gasteiger partial charge in [0.05, 0.1) is 12.7 Å². The lowest BCUT2D eigenvalue weighted by atomic mass is 10.1. The zero-order chi connectivity index (χ0) is 11.5. The Morgan fingerprint density at radius 3 is 3.00 bits per heavy atom. The van der Waals surface area contributed by atoms with Gasteiger partial charge >= 0.3 is 5.69 Å². The number of rotatable bonds is 2. The molecule has 1 aliphatic rings. The second kappa shape index (κ2) is 4.63. The van der Waals surface area contributed by atoms with E-state index in [1.807, 2.05) is 0 Å². The molecule has 0 saturated carbocycles. The molecule has 2 heterocycles. The summed E-state index contributed by atoms with van der Waals surface area (Å²) in [6.45, 7) is -0.0470. The van der Waals surface area contributed by atoms with Crippen LogP contribution < -0.4 is 11.2 Å². The average molecular weight is 226 g/mol. The van der Waals surface area contributed by atoms with Gasteiger partial charge in [0.15, 0.2) is 0 Å². The molecule has 88 valence electrons. The van der Waals surface area contributed by atoms with Crippen LogP contribution in [0.1, 0.15) is 25.5 Å². The molecule has 0 aliphatic carbocycles. The summed E-state index contributed by atoms with van der Waals surface area (Å²) in [5.41, 5.74) is -0.896.